The number of hydrogen-bond acceptors (Lipinski definition) is 3. The fourth-order valence-corrected chi connectivity index (χ4v) is 5.15. The maximum absolute atomic E-state index is 13.1. The van der Waals surface area contributed by atoms with Gasteiger partial charge in [-0.15, -0.1) is 12.4 Å². The summed E-state index contributed by atoms with van der Waals surface area (Å²) in [5.41, 5.74) is 1.67. The van der Waals surface area contributed by atoms with Gasteiger partial charge in [0.05, 0.1) is 22.7 Å². The van der Waals surface area contributed by atoms with Crippen LogP contribution in [-0.4, -0.2) is 49.5 Å². The van der Waals surface area contributed by atoms with Gasteiger partial charge in [0.2, 0.25) is 0 Å². The molecule has 2 aromatic carbocycles. The van der Waals surface area contributed by atoms with E-state index < -0.39 is 0 Å². The van der Waals surface area contributed by atoms with Crippen LogP contribution in [-0.2, 0) is 0 Å². The molecule has 0 radical (unpaired) electrons. The lowest BCUT2D eigenvalue weighted by Gasteiger charge is -2.27. The monoisotopic (exact) mass is 440 g/mol. The summed E-state index contributed by atoms with van der Waals surface area (Å²) < 4.78 is 5.27. The second kappa shape index (κ2) is 8.50. The Balaban J connectivity index is 0.00000225. The van der Waals surface area contributed by atoms with Crippen LogP contribution in [0.25, 0.3) is 0 Å². The van der Waals surface area contributed by atoms with Gasteiger partial charge in [0, 0.05) is 31.6 Å². The van der Waals surface area contributed by atoms with E-state index in [4.69, 9.17) is 27.9 Å². The molecule has 2 aromatic rings. The lowest BCUT2D eigenvalue weighted by Crippen LogP contribution is -2.33. The molecule has 0 spiro atoms. The van der Waals surface area contributed by atoms with E-state index in [0.29, 0.717) is 40.0 Å². The van der Waals surface area contributed by atoms with Gasteiger partial charge < -0.3 is 9.64 Å². The Hall–Kier alpha value is -1.46. The number of ether oxygens (including phenoxy) is 1. The summed E-state index contributed by atoms with van der Waals surface area (Å²) in [5, 5.41) is 0.821. The van der Waals surface area contributed by atoms with E-state index in [1.807, 2.05) is 17.0 Å². The minimum absolute atomic E-state index is 0. The standard InChI is InChI=1S/C21H22Cl2N2O2.ClH/c1-24-10-14-11-25(21(26)19-17(22)4-3-5-18(19)23)12-16(14)20(24)13-6-8-15(27-2)9-7-13;/h3-9,14,16,20H,10-12H2,1-2H3;1H/t14-,16+,20-;/m0./s1. The van der Waals surface area contributed by atoms with E-state index in [-0.39, 0.29) is 18.3 Å². The Bertz CT molecular complexity index is 839. The molecule has 0 bridgehead atoms. The smallest absolute Gasteiger partial charge is 0.256 e. The molecule has 4 nitrogen and oxygen atoms in total. The van der Waals surface area contributed by atoms with E-state index in [0.717, 1.165) is 18.8 Å². The topological polar surface area (TPSA) is 32.8 Å². The molecule has 7 heteroatoms. The molecule has 4 rings (SSSR count). The molecule has 28 heavy (non-hydrogen) atoms. The molecule has 150 valence electrons. The molecular weight excluding hydrogens is 419 g/mol. The average molecular weight is 442 g/mol. The van der Waals surface area contributed by atoms with E-state index in [9.17, 15) is 4.79 Å². The molecule has 1 amide bonds. The highest BCUT2D eigenvalue weighted by atomic mass is 35.5. The minimum atomic E-state index is -0.0730. The third kappa shape index (κ3) is 3.71. The molecule has 0 saturated carbocycles. The molecule has 3 atom stereocenters. The molecule has 2 aliphatic rings. The summed E-state index contributed by atoms with van der Waals surface area (Å²) in [7, 11) is 3.83. The summed E-state index contributed by atoms with van der Waals surface area (Å²) in [4.78, 5) is 17.4. The molecule has 2 heterocycles. The van der Waals surface area contributed by atoms with Crippen molar-refractivity contribution < 1.29 is 9.53 Å². The van der Waals surface area contributed by atoms with Gasteiger partial charge >= 0.3 is 0 Å². The first kappa shape index (κ1) is 21.3. The van der Waals surface area contributed by atoms with Crippen LogP contribution in [0.15, 0.2) is 42.5 Å². The fraction of sp³-hybridized carbons (Fsp3) is 0.381. The van der Waals surface area contributed by atoms with Crippen LogP contribution in [0.3, 0.4) is 0 Å². The predicted octanol–water partition coefficient (Wildman–Crippen LogP) is 4.80. The first-order valence-electron chi connectivity index (χ1n) is 9.07. The number of likely N-dealkylation sites (tertiary alicyclic amines) is 2. The maximum atomic E-state index is 13.1. The van der Waals surface area contributed by atoms with Crippen molar-refractivity contribution in [2.24, 2.45) is 11.8 Å². The quantitative estimate of drug-likeness (QED) is 0.686. The largest absolute Gasteiger partial charge is 0.497 e. The van der Waals surface area contributed by atoms with Crippen molar-refractivity contribution in [3.05, 3.63) is 63.6 Å². The van der Waals surface area contributed by atoms with Gasteiger partial charge in [-0.2, -0.15) is 0 Å². The Morgan fingerprint density at radius 2 is 1.68 bits per heavy atom. The maximum Gasteiger partial charge on any atom is 0.256 e. The summed E-state index contributed by atoms with van der Waals surface area (Å²) >= 11 is 12.5. The summed E-state index contributed by atoms with van der Waals surface area (Å²) in [6.07, 6.45) is 0. The minimum Gasteiger partial charge on any atom is -0.497 e. The van der Waals surface area contributed by atoms with Gasteiger partial charge in [-0.1, -0.05) is 41.4 Å². The van der Waals surface area contributed by atoms with Gasteiger partial charge in [-0.3, -0.25) is 9.69 Å². The van der Waals surface area contributed by atoms with Crippen molar-refractivity contribution in [1.29, 1.82) is 0 Å². The van der Waals surface area contributed by atoms with E-state index in [2.05, 4.69) is 24.1 Å². The van der Waals surface area contributed by atoms with Crippen molar-refractivity contribution in [2.45, 2.75) is 6.04 Å². The van der Waals surface area contributed by atoms with Gasteiger partial charge in [-0.25, -0.2) is 0 Å². The Morgan fingerprint density at radius 3 is 2.29 bits per heavy atom. The van der Waals surface area contributed by atoms with E-state index >= 15 is 0 Å². The van der Waals surface area contributed by atoms with E-state index in [1.165, 1.54) is 5.56 Å². The Morgan fingerprint density at radius 1 is 1.04 bits per heavy atom. The van der Waals surface area contributed by atoms with Crippen LogP contribution in [0.2, 0.25) is 10.0 Å². The highest BCUT2D eigenvalue weighted by Crippen LogP contribution is 2.45. The van der Waals surface area contributed by atoms with Crippen molar-refractivity contribution in [3.63, 3.8) is 0 Å². The number of amides is 1. The van der Waals surface area contributed by atoms with Crippen molar-refractivity contribution in [2.75, 3.05) is 33.8 Å². The zero-order valence-electron chi connectivity index (χ0n) is 15.8. The first-order valence-corrected chi connectivity index (χ1v) is 9.82. The fourth-order valence-electron chi connectivity index (χ4n) is 4.59. The van der Waals surface area contributed by atoms with Crippen molar-refractivity contribution in [1.82, 2.24) is 9.80 Å². The second-order valence-electron chi connectivity index (χ2n) is 7.39. The van der Waals surface area contributed by atoms with E-state index in [1.54, 1.807) is 25.3 Å². The summed E-state index contributed by atoms with van der Waals surface area (Å²) in [6.45, 7) is 2.43. The summed E-state index contributed by atoms with van der Waals surface area (Å²) in [6, 6.07) is 13.7. The molecule has 0 unspecified atom stereocenters. The number of carbonyl (C=O) groups is 1. The van der Waals surface area contributed by atoms with Gasteiger partial charge in [-0.05, 0) is 42.8 Å². The highest BCUT2D eigenvalue weighted by molar-refractivity contribution is 6.39. The number of nitrogens with zero attached hydrogens (tertiary/aromatic N) is 2. The zero-order valence-corrected chi connectivity index (χ0v) is 18.1. The number of rotatable bonds is 3. The van der Waals surface area contributed by atoms with Gasteiger partial charge in [0.15, 0.2) is 0 Å². The van der Waals surface area contributed by atoms with Crippen molar-refractivity contribution >= 4 is 41.5 Å². The van der Waals surface area contributed by atoms with Crippen LogP contribution in [0.1, 0.15) is 22.0 Å². The average Bonchev–Trinajstić information content (AvgIpc) is 3.18. The highest BCUT2D eigenvalue weighted by Gasteiger charge is 2.47. The van der Waals surface area contributed by atoms with Crippen LogP contribution < -0.4 is 4.74 Å². The molecule has 0 N–H and O–H groups in total. The third-order valence-corrected chi connectivity index (χ3v) is 6.45. The molecule has 0 aromatic heterocycles. The molecule has 2 fully saturated rings. The third-order valence-electron chi connectivity index (χ3n) is 5.82. The van der Waals surface area contributed by atoms with Crippen LogP contribution in [0.4, 0.5) is 0 Å². The van der Waals surface area contributed by atoms with Crippen molar-refractivity contribution in [3.8, 4) is 5.75 Å². The molecular formula is C21H23Cl3N2O2. The molecule has 2 aliphatic heterocycles. The lowest BCUT2D eigenvalue weighted by atomic mass is 9.89. The Kier molecular flexibility index (Phi) is 6.45. The lowest BCUT2D eigenvalue weighted by molar-refractivity contribution is 0.0768. The Labute approximate surface area is 181 Å². The molecule has 0 aliphatic carbocycles. The van der Waals surface area contributed by atoms with Crippen LogP contribution in [0.5, 0.6) is 5.75 Å². The molecule has 2 saturated heterocycles. The normalized spacial score (nSPS) is 24.0. The SMILES string of the molecule is COc1ccc([C@H]2[C@@H]3CN(C(=O)c4c(Cl)cccc4Cl)C[C@@H]3CN2C)cc1.Cl. The summed E-state index contributed by atoms with van der Waals surface area (Å²) in [5.74, 6) is 1.63. The number of carbonyl (C=O) groups excluding carboxylic acids is 1. The van der Waals surface area contributed by atoms with Gasteiger partial charge in [0.1, 0.15) is 5.75 Å². The van der Waals surface area contributed by atoms with Crippen LogP contribution >= 0.6 is 35.6 Å². The zero-order chi connectivity index (χ0) is 19.1. The number of halogens is 3. The number of fused-ring (bicyclic) bond motifs is 1. The first-order chi connectivity index (χ1) is 13.0. The second-order valence-corrected chi connectivity index (χ2v) is 8.20. The van der Waals surface area contributed by atoms with Crippen LogP contribution in [0, 0.1) is 11.8 Å². The number of benzene rings is 2. The van der Waals surface area contributed by atoms with Gasteiger partial charge in [0.25, 0.3) is 5.91 Å². The number of hydrogen-bond donors (Lipinski definition) is 0. The number of methoxy groups -OCH3 is 1. The predicted molar refractivity (Wildman–Crippen MR) is 115 cm³/mol.